The summed E-state index contributed by atoms with van der Waals surface area (Å²) in [6, 6.07) is 8.61. The molecule has 1 aromatic heterocycles. The molecule has 8 nitrogen and oxygen atoms in total. The van der Waals surface area contributed by atoms with Gasteiger partial charge in [-0.05, 0) is 38.1 Å². The lowest BCUT2D eigenvalue weighted by molar-refractivity contribution is 0.0488. The number of rotatable bonds is 6. The molecule has 33 heavy (non-hydrogen) atoms. The van der Waals surface area contributed by atoms with Crippen LogP contribution in [0.25, 0.3) is 22.3 Å². The quantitative estimate of drug-likeness (QED) is 0.337. The van der Waals surface area contributed by atoms with Crippen molar-refractivity contribution in [2.45, 2.75) is 25.9 Å². The zero-order valence-corrected chi connectivity index (χ0v) is 19.3. The molecular formula is C24H29FN6O2. The molecular weight excluding hydrogens is 423 g/mol. The SMILES string of the molecule is CN=Cc1cc(-c2ncc3cc(N4C[C@@H](C)N[C@H](C)C4)ccc3n2)c(OCOC)c(F)c1N. The van der Waals surface area contributed by atoms with Crippen LogP contribution in [-0.2, 0) is 4.74 Å². The maximum atomic E-state index is 15.1. The second-order valence-corrected chi connectivity index (χ2v) is 8.32. The van der Waals surface area contributed by atoms with Gasteiger partial charge in [0.1, 0.15) is 0 Å². The maximum absolute atomic E-state index is 15.1. The van der Waals surface area contributed by atoms with Crippen molar-refractivity contribution in [2.24, 2.45) is 4.99 Å². The second kappa shape index (κ2) is 9.68. The molecule has 0 saturated carbocycles. The van der Waals surface area contributed by atoms with Crippen LogP contribution < -0.4 is 20.7 Å². The first-order valence-corrected chi connectivity index (χ1v) is 10.8. The molecule has 9 heteroatoms. The zero-order valence-electron chi connectivity index (χ0n) is 19.3. The minimum absolute atomic E-state index is 0.0534. The van der Waals surface area contributed by atoms with Gasteiger partial charge < -0.3 is 25.4 Å². The van der Waals surface area contributed by atoms with Gasteiger partial charge >= 0.3 is 0 Å². The van der Waals surface area contributed by atoms with Crippen molar-refractivity contribution in [3.8, 4) is 17.1 Å². The standard InChI is InChI=1S/C24H29FN6O2/c1-14-11-31(12-15(2)29-14)18-5-6-20-16(7-18)10-28-24(30-20)19-8-17(9-27-3)22(26)21(25)23(19)33-13-32-4/h5-10,14-15,29H,11-13,26H2,1-4H3/t14-,15-/m1/s1. The van der Waals surface area contributed by atoms with Gasteiger partial charge in [-0.1, -0.05) is 0 Å². The predicted octanol–water partition coefficient (Wildman–Crippen LogP) is 3.24. The fourth-order valence-corrected chi connectivity index (χ4v) is 4.22. The van der Waals surface area contributed by atoms with E-state index in [-0.39, 0.29) is 18.2 Å². The normalized spacial score (nSPS) is 18.9. The highest BCUT2D eigenvalue weighted by Crippen LogP contribution is 2.36. The summed E-state index contributed by atoms with van der Waals surface area (Å²) >= 11 is 0. The number of hydrogen-bond acceptors (Lipinski definition) is 8. The van der Waals surface area contributed by atoms with Crippen molar-refractivity contribution in [3.05, 3.63) is 41.8 Å². The van der Waals surface area contributed by atoms with Gasteiger partial charge in [-0.3, -0.25) is 4.99 Å². The molecule has 2 aromatic carbocycles. The number of nitrogens with two attached hydrogens (primary N) is 1. The minimum atomic E-state index is -0.694. The molecule has 174 valence electrons. The lowest BCUT2D eigenvalue weighted by Crippen LogP contribution is -2.54. The summed E-state index contributed by atoms with van der Waals surface area (Å²) in [5.74, 6) is -0.418. The Morgan fingerprint density at radius 2 is 2.03 bits per heavy atom. The average Bonchev–Trinajstić information content (AvgIpc) is 2.80. The summed E-state index contributed by atoms with van der Waals surface area (Å²) < 4.78 is 25.5. The number of piperazine rings is 1. The van der Waals surface area contributed by atoms with Gasteiger partial charge in [0.25, 0.3) is 0 Å². The van der Waals surface area contributed by atoms with E-state index in [9.17, 15) is 0 Å². The Morgan fingerprint density at radius 1 is 1.27 bits per heavy atom. The molecule has 2 atom stereocenters. The Labute approximate surface area is 192 Å². The summed E-state index contributed by atoms with van der Waals surface area (Å²) in [6.45, 7) is 6.10. The van der Waals surface area contributed by atoms with Gasteiger partial charge in [0.15, 0.2) is 24.2 Å². The second-order valence-electron chi connectivity index (χ2n) is 8.32. The van der Waals surface area contributed by atoms with Crippen LogP contribution in [0.1, 0.15) is 19.4 Å². The Balaban J connectivity index is 1.75. The third kappa shape index (κ3) is 4.74. The molecule has 2 heterocycles. The Kier molecular flexibility index (Phi) is 6.71. The van der Waals surface area contributed by atoms with Crippen LogP contribution in [0, 0.1) is 5.82 Å². The van der Waals surface area contributed by atoms with E-state index >= 15 is 4.39 Å². The fourth-order valence-electron chi connectivity index (χ4n) is 4.22. The maximum Gasteiger partial charge on any atom is 0.189 e. The van der Waals surface area contributed by atoms with E-state index in [0.29, 0.717) is 29.0 Å². The summed E-state index contributed by atoms with van der Waals surface area (Å²) in [5.41, 5.74) is 8.58. The summed E-state index contributed by atoms with van der Waals surface area (Å²) in [6.07, 6.45) is 3.24. The molecule has 0 aliphatic carbocycles. The minimum Gasteiger partial charge on any atom is -0.464 e. The number of aliphatic imine (C=N–C) groups is 1. The van der Waals surface area contributed by atoms with Crippen molar-refractivity contribution in [2.75, 3.05) is 44.7 Å². The summed E-state index contributed by atoms with van der Waals surface area (Å²) in [7, 11) is 3.05. The van der Waals surface area contributed by atoms with Gasteiger partial charge in [0.05, 0.1) is 16.8 Å². The summed E-state index contributed by atoms with van der Waals surface area (Å²) in [4.78, 5) is 15.5. The van der Waals surface area contributed by atoms with Crippen LogP contribution in [0.3, 0.4) is 0 Å². The molecule has 1 fully saturated rings. The number of halogens is 1. The van der Waals surface area contributed by atoms with Gasteiger partial charge in [-0.2, -0.15) is 0 Å². The molecule has 3 aromatic rings. The Morgan fingerprint density at radius 3 is 2.73 bits per heavy atom. The first-order chi connectivity index (χ1) is 15.9. The van der Waals surface area contributed by atoms with Gasteiger partial charge in [0.2, 0.25) is 0 Å². The number of nitrogen functional groups attached to an aromatic ring is 1. The number of nitrogens with zero attached hydrogens (tertiary/aromatic N) is 4. The molecule has 1 aliphatic rings. The van der Waals surface area contributed by atoms with E-state index in [0.717, 1.165) is 29.7 Å². The molecule has 4 rings (SSSR count). The van der Waals surface area contributed by atoms with Gasteiger partial charge in [-0.15, -0.1) is 0 Å². The number of hydrogen-bond donors (Lipinski definition) is 2. The number of aromatic nitrogens is 2. The first-order valence-electron chi connectivity index (χ1n) is 10.8. The highest BCUT2D eigenvalue weighted by Gasteiger charge is 2.23. The van der Waals surface area contributed by atoms with Crippen molar-refractivity contribution < 1.29 is 13.9 Å². The average molecular weight is 453 g/mol. The molecule has 0 radical (unpaired) electrons. The van der Waals surface area contributed by atoms with E-state index in [1.165, 1.54) is 13.3 Å². The van der Waals surface area contributed by atoms with Crippen molar-refractivity contribution in [3.63, 3.8) is 0 Å². The molecule has 0 unspecified atom stereocenters. The van der Waals surface area contributed by atoms with Gasteiger partial charge in [0, 0.05) is 68.4 Å². The monoisotopic (exact) mass is 452 g/mol. The molecule has 0 bridgehead atoms. The number of anilines is 2. The van der Waals surface area contributed by atoms with Crippen molar-refractivity contribution in [1.29, 1.82) is 0 Å². The van der Waals surface area contributed by atoms with E-state index < -0.39 is 5.82 Å². The molecule has 3 N–H and O–H groups in total. The lowest BCUT2D eigenvalue weighted by atomic mass is 10.1. The van der Waals surface area contributed by atoms with E-state index in [1.807, 2.05) is 6.07 Å². The van der Waals surface area contributed by atoms with Crippen molar-refractivity contribution in [1.82, 2.24) is 15.3 Å². The van der Waals surface area contributed by atoms with Crippen LogP contribution in [0.4, 0.5) is 15.8 Å². The van der Waals surface area contributed by atoms with Crippen LogP contribution in [0.15, 0.2) is 35.5 Å². The fraction of sp³-hybridized carbons (Fsp3) is 0.375. The molecule has 1 saturated heterocycles. The first kappa shape index (κ1) is 22.9. The van der Waals surface area contributed by atoms with E-state index in [4.69, 9.17) is 15.2 Å². The van der Waals surface area contributed by atoms with Gasteiger partial charge in [-0.25, -0.2) is 14.4 Å². The third-order valence-corrected chi connectivity index (χ3v) is 5.61. The molecule has 0 amide bonds. The van der Waals surface area contributed by atoms with Crippen LogP contribution in [0.5, 0.6) is 5.75 Å². The van der Waals surface area contributed by atoms with E-state index in [1.54, 1.807) is 19.3 Å². The lowest BCUT2D eigenvalue weighted by Gasteiger charge is -2.37. The van der Waals surface area contributed by atoms with Crippen LogP contribution in [0.2, 0.25) is 0 Å². The van der Waals surface area contributed by atoms with E-state index in [2.05, 4.69) is 51.2 Å². The number of nitrogens with one attached hydrogen (secondary N) is 1. The van der Waals surface area contributed by atoms with Crippen LogP contribution >= 0.6 is 0 Å². The Bertz CT molecular complexity index is 1180. The highest BCUT2D eigenvalue weighted by molar-refractivity contribution is 5.91. The zero-order chi connectivity index (χ0) is 23.5. The smallest absolute Gasteiger partial charge is 0.189 e. The van der Waals surface area contributed by atoms with Crippen molar-refractivity contribution >= 4 is 28.5 Å². The number of fused-ring (bicyclic) bond motifs is 1. The predicted molar refractivity (Wildman–Crippen MR) is 130 cm³/mol. The Hall–Kier alpha value is -3.30. The number of ether oxygens (including phenoxy) is 2. The topological polar surface area (TPSA) is 97.9 Å². The largest absolute Gasteiger partial charge is 0.464 e. The highest BCUT2D eigenvalue weighted by atomic mass is 19.1. The van der Waals surface area contributed by atoms with Crippen LogP contribution in [-0.4, -0.2) is 62.3 Å². The molecule has 0 spiro atoms. The molecule has 1 aliphatic heterocycles. The number of benzene rings is 2. The third-order valence-electron chi connectivity index (χ3n) is 5.61. The number of methoxy groups -OCH3 is 1. The summed E-state index contributed by atoms with van der Waals surface area (Å²) in [5, 5.41) is 4.45.